The molecule has 3 heterocycles. The first-order valence-electron chi connectivity index (χ1n) is 8.74. The van der Waals surface area contributed by atoms with Crippen LogP contribution in [0.15, 0.2) is 36.7 Å². The van der Waals surface area contributed by atoms with Gasteiger partial charge in [0.15, 0.2) is 5.82 Å². The molecule has 4 rings (SSSR count). The van der Waals surface area contributed by atoms with Gasteiger partial charge in [-0.25, -0.2) is 14.4 Å². The van der Waals surface area contributed by atoms with Gasteiger partial charge in [-0.15, -0.1) is 0 Å². The average molecular weight is 340 g/mol. The Kier molecular flexibility index (Phi) is 3.90. The highest BCUT2D eigenvalue weighted by atomic mass is 19.1. The molecule has 1 saturated heterocycles. The smallest absolute Gasteiger partial charge is 0.254 e. The fourth-order valence-corrected chi connectivity index (χ4v) is 4.11. The fraction of sp³-hybridized carbons (Fsp3) is 0.421. The van der Waals surface area contributed by atoms with Gasteiger partial charge in [-0.05, 0) is 31.4 Å². The van der Waals surface area contributed by atoms with Gasteiger partial charge in [-0.3, -0.25) is 4.79 Å². The molecule has 130 valence electrons. The molecule has 0 atom stereocenters. The standard InChI is InChI=1S/C19H21FN4O/c1-2-23-13-19(16-6-4-3-5-15(16)17(23)25)7-9-24(10-8-19)18-21-11-14(20)12-22-18/h3-6,11-12H,2,7-10,13H2,1H3. The van der Waals surface area contributed by atoms with E-state index in [-0.39, 0.29) is 11.3 Å². The summed E-state index contributed by atoms with van der Waals surface area (Å²) < 4.78 is 13.0. The Morgan fingerprint density at radius 2 is 1.84 bits per heavy atom. The molecule has 2 aliphatic heterocycles. The van der Waals surface area contributed by atoms with Crippen molar-refractivity contribution in [2.45, 2.75) is 25.2 Å². The lowest BCUT2D eigenvalue weighted by molar-refractivity contribution is 0.0661. The van der Waals surface area contributed by atoms with Crippen LogP contribution in [0.5, 0.6) is 0 Å². The van der Waals surface area contributed by atoms with Crippen LogP contribution in [0.25, 0.3) is 0 Å². The summed E-state index contributed by atoms with van der Waals surface area (Å²) in [5.41, 5.74) is 1.99. The van der Waals surface area contributed by atoms with Gasteiger partial charge in [0.2, 0.25) is 5.95 Å². The lowest BCUT2D eigenvalue weighted by Gasteiger charge is -2.48. The molecular weight excluding hydrogens is 319 g/mol. The van der Waals surface area contributed by atoms with Crippen molar-refractivity contribution in [3.05, 3.63) is 53.6 Å². The summed E-state index contributed by atoms with van der Waals surface area (Å²) in [6.45, 7) is 5.11. The first-order valence-corrected chi connectivity index (χ1v) is 8.74. The Morgan fingerprint density at radius 1 is 1.16 bits per heavy atom. The number of rotatable bonds is 2. The van der Waals surface area contributed by atoms with E-state index in [1.165, 1.54) is 18.0 Å². The highest BCUT2D eigenvalue weighted by Gasteiger charge is 2.44. The van der Waals surface area contributed by atoms with Crippen LogP contribution in [0.2, 0.25) is 0 Å². The molecule has 1 aromatic carbocycles. The van der Waals surface area contributed by atoms with Gasteiger partial charge in [0.1, 0.15) is 0 Å². The van der Waals surface area contributed by atoms with Crippen molar-refractivity contribution in [2.24, 2.45) is 0 Å². The summed E-state index contributed by atoms with van der Waals surface area (Å²) in [6.07, 6.45) is 4.27. The van der Waals surface area contributed by atoms with Crippen molar-refractivity contribution in [3.63, 3.8) is 0 Å². The highest BCUT2D eigenvalue weighted by Crippen LogP contribution is 2.42. The van der Waals surface area contributed by atoms with Crippen molar-refractivity contribution in [1.82, 2.24) is 14.9 Å². The first-order chi connectivity index (χ1) is 12.1. The van der Waals surface area contributed by atoms with Gasteiger partial charge in [-0.2, -0.15) is 0 Å². The van der Waals surface area contributed by atoms with Crippen molar-refractivity contribution >= 4 is 11.9 Å². The Bertz CT molecular complexity index is 784. The maximum Gasteiger partial charge on any atom is 0.254 e. The van der Waals surface area contributed by atoms with Gasteiger partial charge < -0.3 is 9.80 Å². The van der Waals surface area contributed by atoms with Crippen molar-refractivity contribution in [1.29, 1.82) is 0 Å². The molecule has 0 N–H and O–H groups in total. The molecule has 0 aliphatic carbocycles. The minimum absolute atomic E-state index is 0.0168. The van der Waals surface area contributed by atoms with E-state index in [0.717, 1.165) is 44.6 Å². The number of piperidine rings is 1. The summed E-state index contributed by atoms with van der Waals surface area (Å²) >= 11 is 0. The normalized spacial score (nSPS) is 19.2. The molecule has 2 aliphatic rings. The zero-order chi connectivity index (χ0) is 17.4. The zero-order valence-electron chi connectivity index (χ0n) is 14.3. The van der Waals surface area contributed by atoms with Crippen molar-refractivity contribution < 1.29 is 9.18 Å². The predicted molar refractivity (Wildman–Crippen MR) is 93.1 cm³/mol. The van der Waals surface area contributed by atoms with Crippen LogP contribution in [-0.2, 0) is 5.41 Å². The van der Waals surface area contributed by atoms with Crippen LogP contribution in [0, 0.1) is 5.82 Å². The number of benzene rings is 1. The number of fused-ring (bicyclic) bond motifs is 2. The number of aromatic nitrogens is 2. The third-order valence-electron chi connectivity index (χ3n) is 5.50. The molecule has 25 heavy (non-hydrogen) atoms. The summed E-state index contributed by atoms with van der Waals surface area (Å²) in [4.78, 5) is 24.9. The largest absolute Gasteiger partial charge is 0.341 e. The highest BCUT2D eigenvalue weighted by molar-refractivity contribution is 5.97. The molecule has 0 saturated carbocycles. The Labute approximate surface area is 146 Å². The second kappa shape index (κ2) is 6.10. The molecule has 0 unspecified atom stereocenters. The third-order valence-corrected chi connectivity index (χ3v) is 5.50. The summed E-state index contributed by atoms with van der Waals surface area (Å²) in [5, 5.41) is 0. The van der Waals surface area contributed by atoms with E-state index < -0.39 is 5.82 Å². The summed E-state index contributed by atoms with van der Waals surface area (Å²) in [6, 6.07) is 8.00. The Balaban J connectivity index is 1.62. The van der Waals surface area contributed by atoms with E-state index >= 15 is 0 Å². The second-order valence-electron chi connectivity index (χ2n) is 6.83. The van der Waals surface area contributed by atoms with Crippen molar-refractivity contribution in [2.75, 3.05) is 31.1 Å². The Hall–Kier alpha value is -2.50. The molecule has 1 aromatic heterocycles. The van der Waals surface area contributed by atoms with E-state index in [4.69, 9.17) is 0 Å². The number of hydrogen-bond donors (Lipinski definition) is 0. The third kappa shape index (κ3) is 2.65. The van der Waals surface area contributed by atoms with E-state index in [0.29, 0.717) is 5.95 Å². The number of nitrogens with zero attached hydrogens (tertiary/aromatic N) is 4. The molecule has 1 amide bonds. The topological polar surface area (TPSA) is 49.3 Å². The maximum atomic E-state index is 13.0. The molecule has 2 aromatic rings. The monoisotopic (exact) mass is 340 g/mol. The van der Waals surface area contributed by atoms with E-state index in [2.05, 4.69) is 20.9 Å². The number of carbonyl (C=O) groups is 1. The van der Waals surface area contributed by atoms with E-state index in [9.17, 15) is 9.18 Å². The van der Waals surface area contributed by atoms with Gasteiger partial charge in [-0.1, -0.05) is 18.2 Å². The number of halogens is 1. The number of carbonyl (C=O) groups excluding carboxylic acids is 1. The first kappa shape index (κ1) is 16.0. The van der Waals surface area contributed by atoms with Gasteiger partial charge in [0.25, 0.3) is 5.91 Å². The Morgan fingerprint density at radius 3 is 2.52 bits per heavy atom. The molecule has 6 heteroatoms. The minimum atomic E-state index is -0.421. The quantitative estimate of drug-likeness (QED) is 0.843. The number of amides is 1. The molecule has 1 spiro atoms. The fourth-order valence-electron chi connectivity index (χ4n) is 4.11. The number of anilines is 1. The van der Waals surface area contributed by atoms with Crippen LogP contribution in [0.1, 0.15) is 35.7 Å². The molecule has 0 radical (unpaired) electrons. The number of hydrogen-bond acceptors (Lipinski definition) is 4. The molecule has 0 bridgehead atoms. The van der Waals surface area contributed by atoms with Crippen molar-refractivity contribution in [3.8, 4) is 0 Å². The maximum absolute atomic E-state index is 13.0. The lowest BCUT2D eigenvalue weighted by Crippen LogP contribution is -2.54. The molecular formula is C19H21FN4O. The molecule has 1 fully saturated rings. The summed E-state index contributed by atoms with van der Waals surface area (Å²) in [7, 11) is 0. The van der Waals surface area contributed by atoms with E-state index in [1.54, 1.807) is 0 Å². The van der Waals surface area contributed by atoms with Crippen LogP contribution < -0.4 is 4.90 Å². The second-order valence-corrected chi connectivity index (χ2v) is 6.83. The SMILES string of the molecule is CCN1CC2(CCN(c3ncc(F)cn3)CC2)c2ccccc2C1=O. The summed E-state index contributed by atoms with van der Waals surface area (Å²) in [5.74, 6) is 0.285. The van der Waals surface area contributed by atoms with Gasteiger partial charge >= 0.3 is 0 Å². The number of likely N-dealkylation sites (N-methyl/N-ethyl adjacent to an activating group) is 1. The van der Waals surface area contributed by atoms with Crippen LogP contribution in [0.4, 0.5) is 10.3 Å². The lowest BCUT2D eigenvalue weighted by atomic mass is 9.68. The minimum Gasteiger partial charge on any atom is -0.341 e. The zero-order valence-corrected chi connectivity index (χ0v) is 14.3. The van der Waals surface area contributed by atoms with Crippen LogP contribution in [0.3, 0.4) is 0 Å². The van der Waals surface area contributed by atoms with Crippen LogP contribution in [-0.4, -0.2) is 47.0 Å². The average Bonchev–Trinajstić information content (AvgIpc) is 2.66. The predicted octanol–water partition coefficient (Wildman–Crippen LogP) is 2.63. The van der Waals surface area contributed by atoms with Gasteiger partial charge in [0, 0.05) is 37.2 Å². The van der Waals surface area contributed by atoms with Gasteiger partial charge in [0.05, 0.1) is 12.4 Å². The van der Waals surface area contributed by atoms with Crippen LogP contribution >= 0.6 is 0 Å². The van der Waals surface area contributed by atoms with E-state index in [1.807, 2.05) is 30.0 Å². The molecule has 5 nitrogen and oxygen atoms in total.